The van der Waals surface area contributed by atoms with E-state index in [1.54, 1.807) is 19.9 Å². The van der Waals surface area contributed by atoms with Gasteiger partial charge in [0.2, 0.25) is 5.95 Å². The highest BCUT2D eigenvalue weighted by Crippen LogP contribution is 2.20. The van der Waals surface area contributed by atoms with Gasteiger partial charge in [-0.05, 0) is 64.2 Å². The number of aromatic amines is 2. The Morgan fingerprint density at radius 3 is 2.53 bits per heavy atom. The molecule has 11 nitrogen and oxygen atoms in total. The highest BCUT2D eigenvalue weighted by molar-refractivity contribution is 7.14. The van der Waals surface area contributed by atoms with Crippen molar-refractivity contribution in [2.75, 3.05) is 18.9 Å². The molecule has 1 atom stereocenters. The Kier molecular flexibility index (Phi) is 10.9. The van der Waals surface area contributed by atoms with Crippen molar-refractivity contribution in [3.8, 4) is 0 Å². The molecule has 0 aliphatic carbocycles. The van der Waals surface area contributed by atoms with Crippen LogP contribution in [0.25, 0.3) is 11.0 Å². The summed E-state index contributed by atoms with van der Waals surface area (Å²) < 4.78 is 9.96. The van der Waals surface area contributed by atoms with Gasteiger partial charge in [0.25, 0.3) is 11.5 Å². The van der Waals surface area contributed by atoms with E-state index in [2.05, 4.69) is 20.3 Å². The van der Waals surface area contributed by atoms with E-state index in [4.69, 9.17) is 15.2 Å². The minimum Gasteiger partial charge on any atom is -0.466 e. The van der Waals surface area contributed by atoms with Crippen LogP contribution in [0.15, 0.2) is 23.0 Å². The number of hydrogen-bond donors (Lipinski definition) is 4. The molecule has 0 aliphatic rings. The predicted octanol–water partition coefficient (Wildman–Crippen LogP) is 3.25. The van der Waals surface area contributed by atoms with Crippen molar-refractivity contribution in [3.63, 3.8) is 0 Å². The first-order valence-corrected chi connectivity index (χ1v) is 13.7. The van der Waals surface area contributed by atoms with Crippen LogP contribution in [0.4, 0.5) is 5.95 Å². The Morgan fingerprint density at radius 2 is 1.79 bits per heavy atom. The van der Waals surface area contributed by atoms with Gasteiger partial charge in [-0.25, -0.2) is 4.79 Å². The van der Waals surface area contributed by atoms with Crippen molar-refractivity contribution in [2.45, 2.75) is 71.3 Å². The zero-order valence-electron chi connectivity index (χ0n) is 21.8. The number of esters is 2. The van der Waals surface area contributed by atoms with Gasteiger partial charge in [-0.2, -0.15) is 4.98 Å². The second-order valence-corrected chi connectivity index (χ2v) is 9.98. The molecule has 5 N–H and O–H groups in total. The van der Waals surface area contributed by atoms with Crippen LogP contribution in [0.5, 0.6) is 0 Å². The van der Waals surface area contributed by atoms with Crippen LogP contribution in [-0.2, 0) is 31.9 Å². The molecule has 3 heterocycles. The molecule has 3 aromatic rings. The van der Waals surface area contributed by atoms with Gasteiger partial charge in [0.05, 0.1) is 23.5 Å². The van der Waals surface area contributed by atoms with Gasteiger partial charge in [-0.1, -0.05) is 12.8 Å². The molecule has 0 fully saturated rings. The molecule has 206 valence electrons. The Morgan fingerprint density at radius 1 is 1.05 bits per heavy atom. The number of carbonyl (C=O) groups excluding carboxylic acids is 3. The Balaban J connectivity index is 1.41. The van der Waals surface area contributed by atoms with Crippen molar-refractivity contribution in [1.29, 1.82) is 0 Å². The van der Waals surface area contributed by atoms with Crippen LogP contribution in [0.1, 0.15) is 72.6 Å². The smallest absolute Gasteiger partial charge is 0.328 e. The van der Waals surface area contributed by atoms with Gasteiger partial charge in [0.15, 0.2) is 0 Å². The van der Waals surface area contributed by atoms with E-state index < -0.39 is 18.0 Å². The number of hydrogen-bond acceptors (Lipinski definition) is 9. The molecule has 0 radical (unpaired) electrons. The summed E-state index contributed by atoms with van der Waals surface area (Å²) in [6, 6.07) is 4.59. The van der Waals surface area contributed by atoms with Crippen molar-refractivity contribution in [1.82, 2.24) is 20.3 Å². The predicted molar refractivity (Wildman–Crippen MR) is 145 cm³/mol. The number of nitrogens with zero attached hydrogens (tertiary/aromatic N) is 1. The Bertz CT molecular complexity index is 1300. The number of aromatic nitrogens is 3. The number of fused-ring (bicyclic) bond motifs is 1. The molecule has 1 amide bonds. The minimum atomic E-state index is -0.916. The van der Waals surface area contributed by atoms with Gasteiger partial charge in [-0.3, -0.25) is 19.4 Å². The fraction of sp³-hybridized carbons (Fsp3) is 0.500. The number of aryl methyl sites for hydroxylation is 2. The first-order valence-electron chi connectivity index (χ1n) is 12.9. The maximum atomic E-state index is 12.7. The van der Waals surface area contributed by atoms with Crippen LogP contribution in [0, 0.1) is 0 Å². The third-order valence-corrected chi connectivity index (χ3v) is 7.04. The molecule has 0 saturated heterocycles. The quantitative estimate of drug-likeness (QED) is 0.167. The summed E-state index contributed by atoms with van der Waals surface area (Å²) in [5, 5.41) is 3.21. The number of nitrogens with one attached hydrogen (secondary N) is 3. The molecule has 3 aromatic heterocycles. The monoisotopic (exact) mass is 545 g/mol. The Labute approximate surface area is 224 Å². The lowest BCUT2D eigenvalue weighted by atomic mass is 10.1. The lowest BCUT2D eigenvalue weighted by Crippen LogP contribution is -2.42. The highest BCUT2D eigenvalue weighted by atomic mass is 32.1. The van der Waals surface area contributed by atoms with E-state index in [0.717, 1.165) is 49.1 Å². The number of rotatable bonds is 15. The lowest BCUT2D eigenvalue weighted by molar-refractivity contribution is -0.146. The molecule has 0 saturated carbocycles. The molecule has 0 aromatic carbocycles. The summed E-state index contributed by atoms with van der Waals surface area (Å²) in [6.07, 6.45) is 5.81. The average Bonchev–Trinajstić information content (AvgIpc) is 3.51. The highest BCUT2D eigenvalue weighted by Gasteiger charge is 2.24. The molecule has 12 heteroatoms. The van der Waals surface area contributed by atoms with E-state index in [1.165, 1.54) is 11.3 Å². The van der Waals surface area contributed by atoms with Crippen LogP contribution >= 0.6 is 11.3 Å². The lowest BCUT2D eigenvalue weighted by Gasteiger charge is -2.16. The maximum absolute atomic E-state index is 12.7. The van der Waals surface area contributed by atoms with Gasteiger partial charge < -0.3 is 25.5 Å². The average molecular weight is 546 g/mol. The largest absolute Gasteiger partial charge is 0.466 e. The van der Waals surface area contributed by atoms with E-state index in [1.807, 2.05) is 12.1 Å². The van der Waals surface area contributed by atoms with Crippen LogP contribution in [0.3, 0.4) is 0 Å². The fourth-order valence-corrected chi connectivity index (χ4v) is 5.00. The van der Waals surface area contributed by atoms with Gasteiger partial charge in [-0.15, -0.1) is 11.3 Å². The third kappa shape index (κ3) is 8.44. The van der Waals surface area contributed by atoms with Crippen molar-refractivity contribution < 1.29 is 23.9 Å². The van der Waals surface area contributed by atoms with Crippen LogP contribution in [0.2, 0.25) is 0 Å². The van der Waals surface area contributed by atoms with Crippen molar-refractivity contribution >= 4 is 46.2 Å². The second-order valence-electron chi connectivity index (χ2n) is 8.81. The SMILES string of the molecule is CCOC(=O)CC[C@H](NC(=O)c1ccc(CCCCCCc2cc3c(=O)[nH]c(N)nc3[nH]2)s1)C(=O)OCC. The zero-order chi connectivity index (χ0) is 27.5. The number of ether oxygens (including phenoxy) is 2. The van der Waals surface area contributed by atoms with Crippen LogP contribution in [-0.4, -0.2) is 52.1 Å². The number of anilines is 1. The van der Waals surface area contributed by atoms with E-state index in [9.17, 15) is 19.2 Å². The standard InChI is InChI=1S/C26H35N5O6S/c1-3-36-21(32)14-12-19(25(35)37-4-2)29-24(34)20-13-11-17(38-20)10-8-6-5-7-9-16-15-18-22(28-16)30-26(27)31-23(18)33/h11,13,15,19H,3-10,12,14H2,1-2H3,(H,29,34)(H4,27,28,30,31,33)/t19-/m0/s1. The van der Waals surface area contributed by atoms with Gasteiger partial charge >= 0.3 is 11.9 Å². The maximum Gasteiger partial charge on any atom is 0.328 e. The summed E-state index contributed by atoms with van der Waals surface area (Å²) in [7, 11) is 0. The molecule has 38 heavy (non-hydrogen) atoms. The summed E-state index contributed by atoms with van der Waals surface area (Å²) in [4.78, 5) is 60.0. The molecule has 3 rings (SSSR count). The third-order valence-electron chi connectivity index (χ3n) is 5.89. The Hall–Kier alpha value is -3.67. The molecule has 0 spiro atoms. The van der Waals surface area contributed by atoms with E-state index in [-0.39, 0.29) is 43.5 Å². The first-order chi connectivity index (χ1) is 18.3. The molecule has 0 bridgehead atoms. The summed E-state index contributed by atoms with van der Waals surface area (Å²) in [5.74, 6) is -1.26. The fourth-order valence-electron chi connectivity index (χ4n) is 4.05. The molecular formula is C26H35N5O6S. The second kappa shape index (κ2) is 14.3. The van der Waals surface area contributed by atoms with E-state index >= 15 is 0 Å². The number of nitrogens with two attached hydrogens (primary N) is 1. The van der Waals surface area contributed by atoms with Gasteiger partial charge in [0.1, 0.15) is 11.7 Å². The normalized spacial score (nSPS) is 11.8. The minimum absolute atomic E-state index is 0.0113. The summed E-state index contributed by atoms with van der Waals surface area (Å²) in [5.41, 5.74) is 6.81. The topological polar surface area (TPSA) is 169 Å². The van der Waals surface area contributed by atoms with E-state index in [0.29, 0.717) is 15.9 Å². The molecule has 0 aliphatic heterocycles. The van der Waals surface area contributed by atoms with Crippen molar-refractivity contribution in [3.05, 3.63) is 44.0 Å². The number of nitrogen functional groups attached to an aromatic ring is 1. The number of H-pyrrole nitrogens is 2. The number of carbonyl (C=O) groups is 3. The summed E-state index contributed by atoms with van der Waals surface area (Å²) in [6.45, 7) is 3.84. The molecule has 0 unspecified atom stereocenters. The first kappa shape index (κ1) is 28.9. The number of amides is 1. The number of unbranched alkanes of at least 4 members (excludes halogenated alkanes) is 3. The zero-order valence-corrected chi connectivity index (χ0v) is 22.6. The van der Waals surface area contributed by atoms with Crippen LogP contribution < -0.4 is 16.6 Å². The van der Waals surface area contributed by atoms with Crippen molar-refractivity contribution in [2.24, 2.45) is 0 Å². The van der Waals surface area contributed by atoms with Gasteiger partial charge in [0, 0.05) is 17.0 Å². The molecular weight excluding hydrogens is 510 g/mol. The number of thiophene rings is 1. The summed E-state index contributed by atoms with van der Waals surface area (Å²) >= 11 is 1.40.